The van der Waals surface area contributed by atoms with Gasteiger partial charge in [0.15, 0.2) is 0 Å². The van der Waals surface area contributed by atoms with E-state index < -0.39 is 0 Å². The fraction of sp³-hybridized carbons (Fsp3) is 0.462. The minimum atomic E-state index is -0.330. The number of carbonyl (C=O) groups is 1. The molecule has 1 rings (SSSR count). The van der Waals surface area contributed by atoms with Crippen molar-refractivity contribution in [2.45, 2.75) is 26.4 Å². The van der Waals surface area contributed by atoms with Gasteiger partial charge in [0.05, 0.1) is 18.4 Å². The standard InChI is InChI=1S/C13H18BrNO3/c1-13(2,3)18-8-12(16)15-11-7-9(17-4)5-6-10(11)14/h5-7H,8H2,1-4H3,(H,15,16). The first-order chi connectivity index (χ1) is 8.31. The Kier molecular flexibility index (Phi) is 5.16. The molecule has 18 heavy (non-hydrogen) atoms. The van der Waals surface area contributed by atoms with E-state index in [-0.39, 0.29) is 18.1 Å². The minimum absolute atomic E-state index is 0.0210. The van der Waals surface area contributed by atoms with E-state index in [1.807, 2.05) is 32.9 Å². The Morgan fingerprint density at radius 2 is 2.06 bits per heavy atom. The van der Waals surface area contributed by atoms with Gasteiger partial charge in [0.25, 0.3) is 0 Å². The Morgan fingerprint density at radius 1 is 1.39 bits per heavy atom. The molecule has 0 saturated carbocycles. The van der Waals surface area contributed by atoms with Gasteiger partial charge < -0.3 is 14.8 Å². The van der Waals surface area contributed by atoms with Crippen molar-refractivity contribution < 1.29 is 14.3 Å². The van der Waals surface area contributed by atoms with Gasteiger partial charge in [0.1, 0.15) is 12.4 Å². The summed E-state index contributed by atoms with van der Waals surface area (Å²) < 4.78 is 11.3. The van der Waals surface area contributed by atoms with Crippen LogP contribution in [0.1, 0.15) is 20.8 Å². The van der Waals surface area contributed by atoms with Crippen molar-refractivity contribution in [1.29, 1.82) is 0 Å². The maximum atomic E-state index is 11.7. The number of halogens is 1. The van der Waals surface area contributed by atoms with Crippen molar-refractivity contribution in [2.24, 2.45) is 0 Å². The molecule has 5 heteroatoms. The van der Waals surface area contributed by atoms with Gasteiger partial charge >= 0.3 is 0 Å². The molecule has 4 nitrogen and oxygen atoms in total. The third kappa shape index (κ3) is 5.06. The Bertz CT molecular complexity index is 427. The van der Waals surface area contributed by atoms with E-state index >= 15 is 0 Å². The molecule has 0 aliphatic heterocycles. The minimum Gasteiger partial charge on any atom is -0.497 e. The number of hydrogen-bond donors (Lipinski definition) is 1. The number of hydrogen-bond acceptors (Lipinski definition) is 3. The largest absolute Gasteiger partial charge is 0.497 e. The van der Waals surface area contributed by atoms with Crippen molar-refractivity contribution >= 4 is 27.5 Å². The van der Waals surface area contributed by atoms with Crippen molar-refractivity contribution in [1.82, 2.24) is 0 Å². The average Bonchev–Trinajstić information content (AvgIpc) is 2.28. The third-order valence-electron chi connectivity index (χ3n) is 2.08. The molecule has 1 N–H and O–H groups in total. The lowest BCUT2D eigenvalue weighted by Crippen LogP contribution is -2.27. The molecule has 100 valence electrons. The zero-order chi connectivity index (χ0) is 13.8. The molecule has 0 fully saturated rings. The van der Waals surface area contributed by atoms with Gasteiger partial charge in [-0.15, -0.1) is 0 Å². The summed E-state index contributed by atoms with van der Waals surface area (Å²) in [4.78, 5) is 11.7. The predicted octanol–water partition coefficient (Wildman–Crippen LogP) is 3.21. The number of methoxy groups -OCH3 is 1. The highest BCUT2D eigenvalue weighted by Gasteiger charge is 2.13. The molecule has 0 aromatic heterocycles. The lowest BCUT2D eigenvalue weighted by Gasteiger charge is -2.19. The smallest absolute Gasteiger partial charge is 0.250 e. The molecule has 1 amide bonds. The second-order valence-electron chi connectivity index (χ2n) is 4.80. The summed E-state index contributed by atoms with van der Waals surface area (Å²) in [6, 6.07) is 5.38. The van der Waals surface area contributed by atoms with Gasteiger partial charge in [-0.05, 0) is 48.8 Å². The first-order valence-corrected chi connectivity index (χ1v) is 6.38. The highest BCUT2D eigenvalue weighted by atomic mass is 79.9. The van der Waals surface area contributed by atoms with E-state index in [0.29, 0.717) is 11.4 Å². The van der Waals surface area contributed by atoms with Gasteiger partial charge in [-0.3, -0.25) is 4.79 Å². The lowest BCUT2D eigenvalue weighted by atomic mass is 10.2. The Hall–Kier alpha value is -1.07. The second-order valence-corrected chi connectivity index (χ2v) is 5.65. The Morgan fingerprint density at radius 3 is 2.61 bits per heavy atom. The molecule has 0 atom stereocenters. The van der Waals surface area contributed by atoms with Crippen LogP contribution in [0.5, 0.6) is 5.75 Å². The zero-order valence-electron chi connectivity index (χ0n) is 11.0. The molecule has 0 saturated heterocycles. The average molecular weight is 316 g/mol. The monoisotopic (exact) mass is 315 g/mol. The van der Waals surface area contributed by atoms with Crippen LogP contribution in [0.2, 0.25) is 0 Å². The highest BCUT2D eigenvalue weighted by molar-refractivity contribution is 9.10. The molecule has 0 aliphatic rings. The second kappa shape index (κ2) is 6.20. The van der Waals surface area contributed by atoms with Crippen LogP contribution in [-0.2, 0) is 9.53 Å². The van der Waals surface area contributed by atoms with Crippen LogP contribution in [-0.4, -0.2) is 25.2 Å². The highest BCUT2D eigenvalue weighted by Crippen LogP contribution is 2.27. The van der Waals surface area contributed by atoms with E-state index in [9.17, 15) is 4.79 Å². The summed E-state index contributed by atoms with van der Waals surface area (Å²) in [6.45, 7) is 5.73. The molecular formula is C13H18BrNO3. The van der Waals surface area contributed by atoms with Gasteiger partial charge in [0, 0.05) is 10.5 Å². The van der Waals surface area contributed by atoms with Crippen LogP contribution in [0.25, 0.3) is 0 Å². The molecule has 0 unspecified atom stereocenters. The molecule has 1 aromatic rings. The maximum Gasteiger partial charge on any atom is 0.250 e. The van der Waals surface area contributed by atoms with Crippen LogP contribution in [0, 0.1) is 0 Å². The lowest BCUT2D eigenvalue weighted by molar-refractivity contribution is -0.125. The zero-order valence-corrected chi connectivity index (χ0v) is 12.6. The number of anilines is 1. The fourth-order valence-electron chi connectivity index (χ4n) is 1.20. The normalized spacial score (nSPS) is 11.2. The number of benzene rings is 1. The summed E-state index contributed by atoms with van der Waals surface area (Å²) in [6.07, 6.45) is 0. The summed E-state index contributed by atoms with van der Waals surface area (Å²) in [7, 11) is 1.58. The van der Waals surface area contributed by atoms with Crippen molar-refractivity contribution in [3.63, 3.8) is 0 Å². The van der Waals surface area contributed by atoms with Gasteiger partial charge in [0.2, 0.25) is 5.91 Å². The van der Waals surface area contributed by atoms with Gasteiger partial charge in [-0.2, -0.15) is 0 Å². The van der Waals surface area contributed by atoms with Crippen molar-refractivity contribution in [2.75, 3.05) is 19.0 Å². The first kappa shape index (κ1) is 15.0. The van der Waals surface area contributed by atoms with Gasteiger partial charge in [-0.25, -0.2) is 0 Å². The summed E-state index contributed by atoms with van der Waals surface area (Å²) in [5.74, 6) is 0.490. The fourth-order valence-corrected chi connectivity index (χ4v) is 1.54. The quantitative estimate of drug-likeness (QED) is 0.928. The summed E-state index contributed by atoms with van der Waals surface area (Å²) in [5, 5.41) is 2.77. The predicted molar refractivity (Wildman–Crippen MR) is 75.0 cm³/mol. The van der Waals surface area contributed by atoms with Gasteiger partial charge in [-0.1, -0.05) is 0 Å². The summed E-state index contributed by atoms with van der Waals surface area (Å²) >= 11 is 3.37. The Labute approximate surface area is 116 Å². The molecule has 1 aromatic carbocycles. The van der Waals surface area contributed by atoms with E-state index in [4.69, 9.17) is 9.47 Å². The topological polar surface area (TPSA) is 47.6 Å². The number of rotatable bonds is 4. The molecule has 0 spiro atoms. The summed E-state index contributed by atoms with van der Waals surface area (Å²) in [5.41, 5.74) is 0.333. The van der Waals surface area contributed by atoms with E-state index in [0.717, 1.165) is 4.47 Å². The van der Waals surface area contributed by atoms with Crippen LogP contribution >= 0.6 is 15.9 Å². The molecule has 0 radical (unpaired) electrons. The number of nitrogens with one attached hydrogen (secondary N) is 1. The first-order valence-electron chi connectivity index (χ1n) is 5.59. The van der Waals surface area contributed by atoms with E-state index in [1.165, 1.54) is 0 Å². The van der Waals surface area contributed by atoms with Crippen LogP contribution in [0.4, 0.5) is 5.69 Å². The van der Waals surface area contributed by atoms with E-state index in [1.54, 1.807) is 13.2 Å². The van der Waals surface area contributed by atoms with Crippen LogP contribution < -0.4 is 10.1 Å². The number of carbonyl (C=O) groups excluding carboxylic acids is 1. The van der Waals surface area contributed by atoms with Crippen molar-refractivity contribution in [3.05, 3.63) is 22.7 Å². The molecule has 0 bridgehead atoms. The SMILES string of the molecule is COc1ccc(Br)c(NC(=O)COC(C)(C)C)c1. The maximum absolute atomic E-state index is 11.7. The van der Waals surface area contributed by atoms with Crippen molar-refractivity contribution in [3.8, 4) is 5.75 Å². The molecular weight excluding hydrogens is 298 g/mol. The van der Waals surface area contributed by atoms with E-state index in [2.05, 4.69) is 21.2 Å². The Balaban J connectivity index is 2.64. The third-order valence-corrected chi connectivity index (χ3v) is 2.78. The number of ether oxygens (including phenoxy) is 2. The molecule has 0 aliphatic carbocycles. The van der Waals surface area contributed by atoms with Crippen LogP contribution in [0.3, 0.4) is 0 Å². The van der Waals surface area contributed by atoms with Crippen LogP contribution in [0.15, 0.2) is 22.7 Å². The number of amides is 1. The molecule has 0 heterocycles.